The number of carbonyl (C=O) groups is 1. The summed E-state index contributed by atoms with van der Waals surface area (Å²) in [5.41, 5.74) is 0.157. The summed E-state index contributed by atoms with van der Waals surface area (Å²) in [6.45, 7) is 1.82. The second kappa shape index (κ2) is 4.97. The predicted octanol–water partition coefficient (Wildman–Crippen LogP) is 2.59. The Labute approximate surface area is 104 Å². The Morgan fingerprint density at radius 3 is 2.12 bits per heavy atom. The molecule has 0 atom stereocenters. The molecule has 0 radical (unpaired) electrons. The number of aldehydes is 1. The fourth-order valence-electron chi connectivity index (χ4n) is 1.74. The first-order chi connectivity index (χ1) is 7.72. The van der Waals surface area contributed by atoms with Crippen LogP contribution >= 0.6 is 23.2 Å². The van der Waals surface area contributed by atoms with Gasteiger partial charge in [0.05, 0.1) is 5.56 Å². The van der Waals surface area contributed by atoms with Crippen molar-refractivity contribution in [2.45, 2.75) is 19.3 Å². The maximum Gasteiger partial charge on any atom is 0.228 e. The molecule has 0 unspecified atom stereocenters. The highest BCUT2D eigenvalue weighted by Gasteiger charge is 2.17. The van der Waals surface area contributed by atoms with Crippen LogP contribution in [0.1, 0.15) is 29.6 Å². The van der Waals surface area contributed by atoms with Gasteiger partial charge in [0.1, 0.15) is 10.3 Å². The van der Waals surface area contributed by atoms with Gasteiger partial charge in [-0.25, -0.2) is 9.97 Å². The van der Waals surface area contributed by atoms with Crippen molar-refractivity contribution in [2.24, 2.45) is 0 Å². The number of piperidine rings is 1. The molecule has 1 aliphatic heterocycles. The van der Waals surface area contributed by atoms with Gasteiger partial charge in [0.2, 0.25) is 5.95 Å². The van der Waals surface area contributed by atoms with E-state index in [4.69, 9.17) is 23.2 Å². The first-order valence-electron chi connectivity index (χ1n) is 5.15. The van der Waals surface area contributed by atoms with Gasteiger partial charge >= 0.3 is 0 Å². The quantitative estimate of drug-likeness (QED) is 0.605. The van der Waals surface area contributed by atoms with Gasteiger partial charge in [0.25, 0.3) is 0 Å². The summed E-state index contributed by atoms with van der Waals surface area (Å²) < 4.78 is 0. The van der Waals surface area contributed by atoms with Crippen molar-refractivity contribution in [3.63, 3.8) is 0 Å². The number of aromatic nitrogens is 2. The molecule has 0 bridgehead atoms. The fourth-order valence-corrected chi connectivity index (χ4v) is 2.21. The van der Waals surface area contributed by atoms with E-state index >= 15 is 0 Å². The Bertz CT molecular complexity index is 382. The lowest BCUT2D eigenvalue weighted by Gasteiger charge is -2.26. The summed E-state index contributed by atoms with van der Waals surface area (Å²) in [4.78, 5) is 20.9. The molecule has 16 heavy (non-hydrogen) atoms. The first kappa shape index (κ1) is 11.6. The minimum Gasteiger partial charge on any atom is -0.341 e. The molecule has 2 heterocycles. The zero-order chi connectivity index (χ0) is 11.5. The van der Waals surface area contributed by atoms with Crippen molar-refractivity contribution in [1.29, 1.82) is 0 Å². The van der Waals surface area contributed by atoms with Crippen LogP contribution in [0.5, 0.6) is 0 Å². The summed E-state index contributed by atoms with van der Waals surface area (Å²) in [5.74, 6) is 0.514. The predicted molar refractivity (Wildman–Crippen MR) is 63.5 cm³/mol. The molecule has 0 aromatic carbocycles. The molecule has 0 N–H and O–H groups in total. The van der Waals surface area contributed by atoms with Crippen LogP contribution in [0.3, 0.4) is 0 Å². The number of nitrogens with zero attached hydrogens (tertiary/aromatic N) is 3. The Morgan fingerprint density at radius 1 is 1.06 bits per heavy atom. The average molecular weight is 260 g/mol. The smallest absolute Gasteiger partial charge is 0.228 e. The standard InChI is InChI=1S/C10H11Cl2N3O/c11-8-7(6-16)9(12)14-10(13-8)15-4-2-1-3-5-15/h6H,1-5H2. The van der Waals surface area contributed by atoms with E-state index in [1.165, 1.54) is 6.42 Å². The van der Waals surface area contributed by atoms with Crippen molar-refractivity contribution >= 4 is 35.4 Å². The van der Waals surface area contributed by atoms with Gasteiger partial charge in [0.15, 0.2) is 6.29 Å². The van der Waals surface area contributed by atoms with Crippen LogP contribution in [0.2, 0.25) is 10.3 Å². The van der Waals surface area contributed by atoms with Crippen LogP contribution in [-0.2, 0) is 0 Å². The third kappa shape index (κ3) is 2.28. The number of hydrogen-bond acceptors (Lipinski definition) is 4. The molecule has 1 saturated heterocycles. The molecule has 1 aromatic rings. The van der Waals surface area contributed by atoms with Crippen LogP contribution in [0, 0.1) is 0 Å². The molecular weight excluding hydrogens is 249 g/mol. The largest absolute Gasteiger partial charge is 0.341 e. The molecule has 2 rings (SSSR count). The van der Waals surface area contributed by atoms with E-state index in [9.17, 15) is 4.79 Å². The van der Waals surface area contributed by atoms with Gasteiger partial charge in [-0.3, -0.25) is 4.79 Å². The maximum atomic E-state index is 10.7. The topological polar surface area (TPSA) is 46.1 Å². The SMILES string of the molecule is O=Cc1c(Cl)nc(N2CCCCC2)nc1Cl. The molecule has 0 spiro atoms. The van der Waals surface area contributed by atoms with Crippen molar-refractivity contribution in [1.82, 2.24) is 9.97 Å². The van der Waals surface area contributed by atoms with Crippen LogP contribution in [0.15, 0.2) is 0 Å². The normalized spacial score (nSPS) is 16.2. The Balaban J connectivity index is 2.31. The number of rotatable bonds is 2. The molecule has 1 aliphatic rings. The minimum atomic E-state index is 0.121. The van der Waals surface area contributed by atoms with E-state index in [-0.39, 0.29) is 15.9 Å². The van der Waals surface area contributed by atoms with E-state index in [0.717, 1.165) is 25.9 Å². The number of anilines is 1. The zero-order valence-electron chi connectivity index (χ0n) is 8.62. The molecule has 6 heteroatoms. The summed E-state index contributed by atoms with van der Waals surface area (Å²) >= 11 is 11.7. The molecule has 86 valence electrons. The lowest BCUT2D eigenvalue weighted by molar-refractivity contribution is 0.112. The lowest BCUT2D eigenvalue weighted by atomic mass is 10.1. The lowest BCUT2D eigenvalue weighted by Crippen LogP contribution is -2.31. The average Bonchev–Trinajstić information content (AvgIpc) is 2.30. The highest BCUT2D eigenvalue weighted by atomic mass is 35.5. The first-order valence-corrected chi connectivity index (χ1v) is 5.91. The summed E-state index contributed by atoms with van der Waals surface area (Å²) in [5, 5.41) is 0.242. The highest BCUT2D eigenvalue weighted by Crippen LogP contribution is 2.24. The fraction of sp³-hybridized carbons (Fsp3) is 0.500. The van der Waals surface area contributed by atoms with E-state index in [2.05, 4.69) is 9.97 Å². The third-order valence-electron chi connectivity index (χ3n) is 2.60. The van der Waals surface area contributed by atoms with Crippen LogP contribution in [-0.4, -0.2) is 29.3 Å². The Morgan fingerprint density at radius 2 is 1.62 bits per heavy atom. The Hall–Kier alpha value is -0.870. The van der Waals surface area contributed by atoms with Crippen molar-refractivity contribution < 1.29 is 4.79 Å². The number of hydrogen-bond donors (Lipinski definition) is 0. The maximum absolute atomic E-state index is 10.7. The molecule has 0 amide bonds. The number of carbonyl (C=O) groups excluding carboxylic acids is 1. The van der Waals surface area contributed by atoms with E-state index < -0.39 is 0 Å². The van der Waals surface area contributed by atoms with Gasteiger partial charge in [-0.05, 0) is 19.3 Å². The second-order valence-electron chi connectivity index (χ2n) is 3.68. The van der Waals surface area contributed by atoms with Gasteiger partial charge in [-0.15, -0.1) is 0 Å². The van der Waals surface area contributed by atoms with Crippen LogP contribution in [0.25, 0.3) is 0 Å². The second-order valence-corrected chi connectivity index (χ2v) is 4.40. The van der Waals surface area contributed by atoms with Crippen LogP contribution in [0.4, 0.5) is 5.95 Å². The monoisotopic (exact) mass is 259 g/mol. The van der Waals surface area contributed by atoms with E-state index in [1.54, 1.807) is 0 Å². The van der Waals surface area contributed by atoms with Gasteiger partial charge < -0.3 is 4.90 Å². The molecule has 0 saturated carbocycles. The summed E-state index contributed by atoms with van der Waals surface area (Å²) in [6, 6.07) is 0. The van der Waals surface area contributed by atoms with E-state index in [0.29, 0.717) is 12.2 Å². The zero-order valence-corrected chi connectivity index (χ0v) is 10.1. The van der Waals surface area contributed by atoms with Crippen LogP contribution < -0.4 is 4.90 Å². The van der Waals surface area contributed by atoms with Gasteiger partial charge in [0, 0.05) is 13.1 Å². The summed E-state index contributed by atoms with van der Waals surface area (Å²) in [7, 11) is 0. The molecule has 1 fully saturated rings. The molecule has 1 aromatic heterocycles. The summed E-state index contributed by atoms with van der Waals surface area (Å²) in [6.07, 6.45) is 4.04. The molecule has 4 nitrogen and oxygen atoms in total. The van der Waals surface area contributed by atoms with Crippen molar-refractivity contribution in [2.75, 3.05) is 18.0 Å². The van der Waals surface area contributed by atoms with Gasteiger partial charge in [-0.2, -0.15) is 0 Å². The Kier molecular flexibility index (Phi) is 3.61. The van der Waals surface area contributed by atoms with Crippen molar-refractivity contribution in [3.05, 3.63) is 15.9 Å². The molecule has 0 aliphatic carbocycles. The van der Waals surface area contributed by atoms with Crippen molar-refractivity contribution in [3.8, 4) is 0 Å². The minimum absolute atomic E-state index is 0.121. The molecular formula is C10H11Cl2N3O. The third-order valence-corrected chi connectivity index (χ3v) is 3.17. The highest BCUT2D eigenvalue weighted by molar-refractivity contribution is 6.37. The number of halogens is 2. The van der Waals surface area contributed by atoms with Gasteiger partial charge in [-0.1, -0.05) is 23.2 Å². The van der Waals surface area contributed by atoms with E-state index in [1.807, 2.05) is 4.90 Å².